The molecule has 0 aliphatic carbocycles. The second-order valence-electron chi connectivity index (χ2n) is 6.67. The van der Waals surface area contributed by atoms with E-state index in [2.05, 4.69) is 15.4 Å². The van der Waals surface area contributed by atoms with Gasteiger partial charge < -0.3 is 10.1 Å². The zero-order valence-electron chi connectivity index (χ0n) is 15.8. The largest absolute Gasteiger partial charge is 0.496 e. The van der Waals surface area contributed by atoms with E-state index in [9.17, 15) is 4.79 Å². The molecule has 3 rings (SSSR count). The summed E-state index contributed by atoms with van der Waals surface area (Å²) < 4.78 is 7.23. The molecule has 2 heterocycles. The molecule has 6 nitrogen and oxygen atoms in total. The predicted octanol–water partition coefficient (Wildman–Crippen LogP) is 3.82. The summed E-state index contributed by atoms with van der Waals surface area (Å²) in [6.07, 6.45) is 1.71. The number of nitrogens with zero attached hydrogens (tertiary/aromatic N) is 3. The Kier molecular flexibility index (Phi) is 4.93. The Labute approximate surface area is 153 Å². The van der Waals surface area contributed by atoms with E-state index in [1.54, 1.807) is 19.4 Å². The van der Waals surface area contributed by atoms with Crippen LogP contribution in [0, 0.1) is 6.92 Å². The minimum Gasteiger partial charge on any atom is -0.496 e. The molecule has 0 aliphatic heterocycles. The van der Waals surface area contributed by atoms with Crippen LogP contribution in [0.3, 0.4) is 0 Å². The lowest BCUT2D eigenvalue weighted by molar-refractivity contribution is 0.0941. The number of fused-ring (bicyclic) bond motifs is 1. The summed E-state index contributed by atoms with van der Waals surface area (Å²) >= 11 is 0. The lowest BCUT2D eigenvalue weighted by Gasteiger charge is -2.17. The van der Waals surface area contributed by atoms with Crippen LogP contribution in [-0.4, -0.2) is 27.8 Å². The van der Waals surface area contributed by atoms with E-state index in [4.69, 9.17) is 4.74 Å². The molecular formula is C20H24N4O2. The molecule has 0 unspecified atom stereocenters. The van der Waals surface area contributed by atoms with E-state index >= 15 is 0 Å². The fourth-order valence-electron chi connectivity index (χ4n) is 3.09. The molecule has 0 fully saturated rings. The smallest absolute Gasteiger partial charge is 0.252 e. The lowest BCUT2D eigenvalue weighted by Crippen LogP contribution is -2.27. The summed E-state index contributed by atoms with van der Waals surface area (Å²) in [5.74, 6) is 0.603. The highest BCUT2D eigenvalue weighted by Gasteiger charge is 2.19. The number of aromatic nitrogens is 3. The molecule has 0 aliphatic rings. The summed E-state index contributed by atoms with van der Waals surface area (Å²) in [7, 11) is 1.63. The SMILES string of the molecule is COc1ccccc1[C@H](C)NC(=O)c1cc(C)nc2c1cnn2C(C)C. The molecule has 136 valence electrons. The third kappa shape index (κ3) is 3.27. The maximum atomic E-state index is 13.0. The number of methoxy groups -OCH3 is 1. The molecule has 0 saturated heterocycles. The lowest BCUT2D eigenvalue weighted by atomic mass is 10.1. The van der Waals surface area contributed by atoms with Crippen molar-refractivity contribution in [3.8, 4) is 5.75 Å². The van der Waals surface area contributed by atoms with Crippen molar-refractivity contribution in [2.24, 2.45) is 0 Å². The summed E-state index contributed by atoms with van der Waals surface area (Å²) in [5.41, 5.74) is 3.04. The first-order valence-electron chi connectivity index (χ1n) is 8.71. The number of pyridine rings is 1. The molecule has 0 saturated carbocycles. The van der Waals surface area contributed by atoms with E-state index in [-0.39, 0.29) is 18.0 Å². The first kappa shape index (κ1) is 17.9. The minimum absolute atomic E-state index is 0.151. The second-order valence-corrected chi connectivity index (χ2v) is 6.67. The van der Waals surface area contributed by atoms with Gasteiger partial charge in [-0.05, 0) is 39.8 Å². The van der Waals surface area contributed by atoms with Crippen LogP contribution < -0.4 is 10.1 Å². The number of rotatable bonds is 5. The van der Waals surface area contributed by atoms with Gasteiger partial charge in [0.25, 0.3) is 5.91 Å². The summed E-state index contributed by atoms with van der Waals surface area (Å²) in [6.45, 7) is 7.91. The Bertz CT molecular complexity index is 946. The molecule has 1 atom stereocenters. The van der Waals surface area contributed by atoms with Crippen LogP contribution >= 0.6 is 0 Å². The van der Waals surface area contributed by atoms with Gasteiger partial charge in [0.2, 0.25) is 0 Å². The standard InChI is InChI=1S/C20H24N4O2/c1-12(2)24-19-17(11-21-24)16(10-13(3)22-19)20(25)23-14(4)15-8-6-7-9-18(15)26-5/h6-12,14H,1-5H3,(H,23,25)/t14-/m0/s1. The van der Waals surface area contributed by atoms with Gasteiger partial charge in [-0.25, -0.2) is 9.67 Å². The second kappa shape index (κ2) is 7.15. The van der Waals surface area contributed by atoms with Crippen molar-refractivity contribution in [1.82, 2.24) is 20.1 Å². The molecular weight excluding hydrogens is 328 g/mol. The van der Waals surface area contributed by atoms with Gasteiger partial charge >= 0.3 is 0 Å². The van der Waals surface area contributed by atoms with Gasteiger partial charge in [0, 0.05) is 17.3 Å². The first-order chi connectivity index (χ1) is 12.4. The summed E-state index contributed by atoms with van der Waals surface area (Å²) in [6, 6.07) is 9.47. The van der Waals surface area contributed by atoms with E-state index in [0.29, 0.717) is 5.56 Å². The Morgan fingerprint density at radius 3 is 2.65 bits per heavy atom. The van der Waals surface area contributed by atoms with E-state index in [1.165, 1.54) is 0 Å². The van der Waals surface area contributed by atoms with Crippen LogP contribution in [0.4, 0.5) is 0 Å². The normalized spacial score (nSPS) is 12.4. The average molecular weight is 352 g/mol. The minimum atomic E-state index is -0.192. The van der Waals surface area contributed by atoms with Crippen LogP contribution in [0.25, 0.3) is 11.0 Å². The van der Waals surface area contributed by atoms with E-state index in [0.717, 1.165) is 28.0 Å². The highest BCUT2D eigenvalue weighted by molar-refractivity contribution is 6.05. The van der Waals surface area contributed by atoms with Crippen LogP contribution in [0.2, 0.25) is 0 Å². The predicted molar refractivity (Wildman–Crippen MR) is 102 cm³/mol. The Hall–Kier alpha value is -2.89. The topological polar surface area (TPSA) is 69.0 Å². The van der Waals surface area contributed by atoms with Crippen molar-refractivity contribution < 1.29 is 9.53 Å². The molecule has 26 heavy (non-hydrogen) atoms. The number of ether oxygens (including phenoxy) is 1. The van der Waals surface area contributed by atoms with Gasteiger partial charge in [-0.3, -0.25) is 4.79 Å². The van der Waals surface area contributed by atoms with Crippen molar-refractivity contribution in [2.75, 3.05) is 7.11 Å². The molecule has 6 heteroatoms. The highest BCUT2D eigenvalue weighted by Crippen LogP contribution is 2.26. The number of hydrogen-bond donors (Lipinski definition) is 1. The van der Waals surface area contributed by atoms with Crippen LogP contribution in [0.15, 0.2) is 36.5 Å². The Morgan fingerprint density at radius 1 is 1.23 bits per heavy atom. The van der Waals surface area contributed by atoms with Crippen molar-refractivity contribution in [3.05, 3.63) is 53.3 Å². The molecule has 0 bridgehead atoms. The number of aryl methyl sites for hydroxylation is 1. The molecule has 1 aromatic carbocycles. The molecule has 1 amide bonds. The van der Waals surface area contributed by atoms with Crippen molar-refractivity contribution >= 4 is 16.9 Å². The van der Waals surface area contributed by atoms with Gasteiger partial charge in [0.05, 0.1) is 30.3 Å². The Morgan fingerprint density at radius 2 is 1.96 bits per heavy atom. The van der Waals surface area contributed by atoms with Crippen LogP contribution in [0.5, 0.6) is 5.75 Å². The average Bonchev–Trinajstić information content (AvgIpc) is 3.04. The van der Waals surface area contributed by atoms with Crippen LogP contribution in [0.1, 0.15) is 54.5 Å². The number of benzene rings is 1. The van der Waals surface area contributed by atoms with Gasteiger partial charge in [0.1, 0.15) is 5.75 Å². The number of carbonyl (C=O) groups excluding carboxylic acids is 1. The summed E-state index contributed by atoms with van der Waals surface area (Å²) in [5, 5.41) is 8.22. The van der Waals surface area contributed by atoms with Crippen molar-refractivity contribution in [1.29, 1.82) is 0 Å². The highest BCUT2D eigenvalue weighted by atomic mass is 16.5. The molecule has 1 N–H and O–H groups in total. The fraction of sp³-hybridized carbons (Fsp3) is 0.350. The quantitative estimate of drug-likeness (QED) is 0.758. The third-order valence-electron chi connectivity index (χ3n) is 4.38. The van der Waals surface area contributed by atoms with Crippen molar-refractivity contribution in [2.45, 2.75) is 39.8 Å². The maximum Gasteiger partial charge on any atom is 0.252 e. The number of nitrogens with one attached hydrogen (secondary N) is 1. The fourth-order valence-corrected chi connectivity index (χ4v) is 3.09. The van der Waals surface area contributed by atoms with Crippen LogP contribution in [-0.2, 0) is 0 Å². The summed E-state index contributed by atoms with van der Waals surface area (Å²) in [4.78, 5) is 17.5. The van der Waals surface area contributed by atoms with Gasteiger partial charge in [-0.15, -0.1) is 0 Å². The molecule has 2 aromatic heterocycles. The Balaban J connectivity index is 1.95. The number of para-hydroxylation sites is 1. The number of carbonyl (C=O) groups is 1. The van der Waals surface area contributed by atoms with E-state index < -0.39 is 0 Å². The first-order valence-corrected chi connectivity index (χ1v) is 8.71. The van der Waals surface area contributed by atoms with E-state index in [1.807, 2.05) is 56.6 Å². The molecule has 3 aromatic rings. The zero-order valence-corrected chi connectivity index (χ0v) is 15.8. The monoisotopic (exact) mass is 352 g/mol. The third-order valence-corrected chi connectivity index (χ3v) is 4.38. The zero-order chi connectivity index (χ0) is 18.8. The van der Waals surface area contributed by atoms with Crippen molar-refractivity contribution in [3.63, 3.8) is 0 Å². The van der Waals surface area contributed by atoms with Gasteiger partial charge in [0.15, 0.2) is 5.65 Å². The molecule has 0 radical (unpaired) electrons. The molecule has 0 spiro atoms. The van der Waals surface area contributed by atoms with Gasteiger partial charge in [-0.2, -0.15) is 5.10 Å². The number of hydrogen-bond acceptors (Lipinski definition) is 4. The maximum absolute atomic E-state index is 13.0. The number of amides is 1. The van der Waals surface area contributed by atoms with Gasteiger partial charge in [-0.1, -0.05) is 18.2 Å².